The van der Waals surface area contributed by atoms with E-state index in [2.05, 4.69) is 35.3 Å². The van der Waals surface area contributed by atoms with Crippen molar-refractivity contribution in [2.24, 2.45) is 11.8 Å². The van der Waals surface area contributed by atoms with Gasteiger partial charge in [0.15, 0.2) is 10.2 Å². The Kier molecular flexibility index (Phi) is 7.07. The van der Waals surface area contributed by atoms with Gasteiger partial charge in [0.25, 0.3) is 0 Å². The number of hydrogen-bond acceptors (Lipinski definition) is 2. The van der Waals surface area contributed by atoms with Crippen molar-refractivity contribution >= 4 is 51.9 Å². The van der Waals surface area contributed by atoms with E-state index < -0.39 is 0 Å². The van der Waals surface area contributed by atoms with E-state index in [0.29, 0.717) is 27.2 Å². The molecule has 0 amide bonds. The molecule has 0 aromatic heterocycles. The molecule has 0 unspecified atom stereocenters. The summed E-state index contributed by atoms with van der Waals surface area (Å²) in [6, 6.07) is 6.07. The second kappa shape index (κ2) is 8.83. The van der Waals surface area contributed by atoms with Gasteiger partial charge < -0.3 is 10.6 Å². The van der Waals surface area contributed by atoms with Gasteiger partial charge in [0.1, 0.15) is 0 Å². The summed E-state index contributed by atoms with van der Waals surface area (Å²) >= 11 is 16.8. The zero-order chi connectivity index (χ0) is 17.7. The van der Waals surface area contributed by atoms with Crippen molar-refractivity contribution in [3.8, 4) is 0 Å². The molecule has 0 bridgehead atoms. The minimum Gasteiger partial charge on any atom is -0.358 e. The molecular formula is C17H25ClN4S2. The van der Waals surface area contributed by atoms with Crippen LogP contribution >= 0.6 is 36.0 Å². The minimum atomic E-state index is 0.409. The number of hydrogen-bond donors (Lipinski definition) is 4. The molecule has 1 aromatic carbocycles. The van der Waals surface area contributed by atoms with Gasteiger partial charge in [-0.15, -0.1) is 0 Å². The highest BCUT2D eigenvalue weighted by Gasteiger charge is 2.27. The fourth-order valence-electron chi connectivity index (χ4n) is 3.00. The number of rotatable bonds is 2. The van der Waals surface area contributed by atoms with Gasteiger partial charge in [0.05, 0.1) is 0 Å². The number of anilines is 1. The van der Waals surface area contributed by atoms with Crippen LogP contribution in [0.3, 0.4) is 0 Å². The Labute approximate surface area is 160 Å². The molecule has 1 aliphatic rings. The highest BCUT2D eigenvalue weighted by Crippen LogP contribution is 2.29. The van der Waals surface area contributed by atoms with Crippen LogP contribution in [0.4, 0.5) is 5.69 Å². The van der Waals surface area contributed by atoms with Crippen LogP contribution in [0.5, 0.6) is 0 Å². The minimum absolute atomic E-state index is 0.409. The van der Waals surface area contributed by atoms with Crippen LogP contribution in [0, 0.1) is 18.8 Å². The van der Waals surface area contributed by atoms with Crippen LogP contribution in [0.25, 0.3) is 0 Å². The number of hydrazine groups is 1. The maximum absolute atomic E-state index is 6.11. The van der Waals surface area contributed by atoms with Gasteiger partial charge in [-0.05, 0) is 67.3 Å². The fraction of sp³-hybridized carbons (Fsp3) is 0.529. The number of nitrogens with one attached hydrogen (secondary N) is 4. The lowest BCUT2D eigenvalue weighted by molar-refractivity contribution is 0.224. The van der Waals surface area contributed by atoms with E-state index in [1.807, 2.05) is 25.1 Å². The summed E-state index contributed by atoms with van der Waals surface area (Å²) in [5.74, 6) is 1.33. The standard InChI is InChI=1S/C17H25ClN4S2/c1-10-6-4-8-14(11(10)2)19-16(23)21-22-17(24)20-15-9-5-7-13(18)12(15)3/h5,7,9-11,14H,4,6,8H2,1-3H3,(H2,19,21,23)(H2,20,22,24)/t10-,11+,14-/m1/s1. The van der Waals surface area contributed by atoms with E-state index in [-0.39, 0.29) is 0 Å². The van der Waals surface area contributed by atoms with Crippen molar-refractivity contribution in [1.29, 1.82) is 0 Å². The summed E-state index contributed by atoms with van der Waals surface area (Å²) in [6.07, 6.45) is 3.69. The van der Waals surface area contributed by atoms with E-state index in [0.717, 1.165) is 23.6 Å². The Balaban J connectivity index is 1.79. The number of thiocarbonyl (C=S) groups is 2. The summed E-state index contributed by atoms with van der Waals surface area (Å²) < 4.78 is 0. The summed E-state index contributed by atoms with van der Waals surface area (Å²) in [5.41, 5.74) is 7.69. The van der Waals surface area contributed by atoms with Crippen LogP contribution < -0.4 is 21.5 Å². The largest absolute Gasteiger partial charge is 0.358 e. The predicted octanol–water partition coefficient (Wildman–Crippen LogP) is 4.14. The van der Waals surface area contributed by atoms with Gasteiger partial charge in [-0.25, -0.2) is 0 Å². The van der Waals surface area contributed by atoms with Gasteiger partial charge in [-0.3, -0.25) is 10.9 Å². The molecule has 24 heavy (non-hydrogen) atoms. The van der Waals surface area contributed by atoms with Crippen LogP contribution in [-0.2, 0) is 0 Å². The molecule has 0 radical (unpaired) electrons. The van der Waals surface area contributed by atoms with Gasteiger partial charge in [0, 0.05) is 16.8 Å². The highest BCUT2D eigenvalue weighted by atomic mass is 35.5. The van der Waals surface area contributed by atoms with Crippen molar-refractivity contribution in [2.45, 2.75) is 46.1 Å². The van der Waals surface area contributed by atoms with Crippen LogP contribution in [-0.4, -0.2) is 16.3 Å². The van der Waals surface area contributed by atoms with Crippen molar-refractivity contribution < 1.29 is 0 Å². The predicted molar refractivity (Wildman–Crippen MR) is 110 cm³/mol. The van der Waals surface area contributed by atoms with E-state index in [9.17, 15) is 0 Å². The smallest absolute Gasteiger partial charge is 0.189 e. The molecule has 0 aliphatic heterocycles. The average Bonchev–Trinajstić information content (AvgIpc) is 2.54. The lowest BCUT2D eigenvalue weighted by Crippen LogP contribution is -2.53. The second-order valence-corrected chi connectivity index (χ2v) is 7.69. The molecule has 1 aliphatic carbocycles. The second-order valence-electron chi connectivity index (χ2n) is 6.46. The summed E-state index contributed by atoms with van der Waals surface area (Å²) in [4.78, 5) is 0. The average molecular weight is 385 g/mol. The molecule has 4 nitrogen and oxygen atoms in total. The fourth-order valence-corrected chi connectivity index (χ4v) is 3.54. The van der Waals surface area contributed by atoms with Gasteiger partial charge in [-0.1, -0.05) is 44.4 Å². The van der Waals surface area contributed by atoms with Gasteiger partial charge in [0.2, 0.25) is 0 Å². The molecule has 0 heterocycles. The Morgan fingerprint density at radius 3 is 2.58 bits per heavy atom. The third kappa shape index (κ3) is 5.19. The number of benzene rings is 1. The zero-order valence-electron chi connectivity index (χ0n) is 14.3. The SMILES string of the molecule is Cc1c(Cl)cccc1NC(=S)NNC(=S)N[C@@H]1CCC[C@@H](C)[C@@H]1C. The van der Waals surface area contributed by atoms with Crippen LogP contribution in [0.15, 0.2) is 18.2 Å². The Hall–Kier alpha value is -1.11. The van der Waals surface area contributed by atoms with Gasteiger partial charge >= 0.3 is 0 Å². The van der Waals surface area contributed by atoms with Crippen molar-refractivity contribution in [2.75, 3.05) is 5.32 Å². The monoisotopic (exact) mass is 384 g/mol. The first-order valence-electron chi connectivity index (χ1n) is 8.27. The summed E-state index contributed by atoms with van der Waals surface area (Å²) in [6.45, 7) is 6.53. The van der Waals surface area contributed by atoms with Crippen molar-refractivity contribution in [3.05, 3.63) is 28.8 Å². The molecule has 3 atom stereocenters. The Morgan fingerprint density at radius 1 is 1.12 bits per heavy atom. The van der Waals surface area contributed by atoms with E-state index in [1.165, 1.54) is 12.8 Å². The molecule has 0 spiro atoms. The molecule has 7 heteroatoms. The lowest BCUT2D eigenvalue weighted by atomic mass is 9.78. The molecule has 4 N–H and O–H groups in total. The van der Waals surface area contributed by atoms with E-state index >= 15 is 0 Å². The molecule has 2 rings (SSSR count). The van der Waals surface area contributed by atoms with Crippen molar-refractivity contribution in [3.63, 3.8) is 0 Å². The summed E-state index contributed by atoms with van der Waals surface area (Å²) in [7, 11) is 0. The topological polar surface area (TPSA) is 48.1 Å². The van der Waals surface area contributed by atoms with E-state index in [4.69, 9.17) is 36.0 Å². The molecule has 1 fully saturated rings. The van der Waals surface area contributed by atoms with E-state index in [1.54, 1.807) is 0 Å². The number of halogens is 1. The normalized spacial score (nSPS) is 23.2. The molecule has 1 aromatic rings. The lowest BCUT2D eigenvalue weighted by Gasteiger charge is -2.35. The molecule has 1 saturated carbocycles. The maximum atomic E-state index is 6.11. The third-order valence-electron chi connectivity index (χ3n) is 4.83. The molecular weight excluding hydrogens is 360 g/mol. The Morgan fingerprint density at radius 2 is 1.83 bits per heavy atom. The highest BCUT2D eigenvalue weighted by molar-refractivity contribution is 7.80. The molecule has 132 valence electrons. The third-order valence-corrected chi connectivity index (χ3v) is 5.66. The first-order chi connectivity index (χ1) is 11.4. The quantitative estimate of drug-likeness (QED) is 0.454. The zero-order valence-corrected chi connectivity index (χ0v) is 16.7. The first-order valence-corrected chi connectivity index (χ1v) is 9.46. The van der Waals surface area contributed by atoms with Crippen LogP contribution in [0.2, 0.25) is 5.02 Å². The first kappa shape index (κ1) is 19.2. The van der Waals surface area contributed by atoms with Crippen molar-refractivity contribution in [1.82, 2.24) is 16.2 Å². The van der Waals surface area contributed by atoms with Gasteiger partial charge in [-0.2, -0.15) is 0 Å². The summed E-state index contributed by atoms with van der Waals surface area (Å²) in [5, 5.41) is 8.20. The molecule has 0 saturated heterocycles. The van der Waals surface area contributed by atoms with Crippen LogP contribution in [0.1, 0.15) is 38.7 Å². The Bertz CT molecular complexity index is 608. The maximum Gasteiger partial charge on any atom is 0.189 e.